The van der Waals surface area contributed by atoms with Crippen molar-refractivity contribution in [2.45, 2.75) is 6.42 Å². The maximum atomic E-state index is 10.7. The molecule has 1 amide bonds. The number of fused-ring (bicyclic) bond motifs is 2. The second-order valence-corrected chi connectivity index (χ2v) is 5.33. The summed E-state index contributed by atoms with van der Waals surface area (Å²) in [7, 11) is 0. The number of amidine groups is 1. The van der Waals surface area contributed by atoms with Gasteiger partial charge in [-0.3, -0.25) is 14.9 Å². The fraction of sp³-hybridized carbons (Fsp3) is 0.118. The number of aromatic amines is 1. The van der Waals surface area contributed by atoms with Gasteiger partial charge in [0.25, 0.3) is 0 Å². The van der Waals surface area contributed by atoms with Crippen molar-refractivity contribution in [1.82, 2.24) is 15.1 Å². The Balaban J connectivity index is 1.81. The Morgan fingerprint density at radius 2 is 2.26 bits per heavy atom. The molecule has 0 unspecified atom stereocenters. The Bertz CT molecular complexity index is 888. The Kier molecular flexibility index (Phi) is 3.27. The topological polar surface area (TPSA) is 73.4 Å². The van der Waals surface area contributed by atoms with Gasteiger partial charge >= 0.3 is 0 Å². The highest BCUT2D eigenvalue weighted by molar-refractivity contribution is 5.97. The number of carbonyl (C=O) groups excluding carboxylic acids is 1. The Morgan fingerprint density at radius 1 is 1.30 bits per heavy atom. The minimum absolute atomic E-state index is 0.674. The highest BCUT2D eigenvalue weighted by Gasteiger charge is 2.16. The van der Waals surface area contributed by atoms with Gasteiger partial charge in [-0.05, 0) is 24.3 Å². The third-order valence-corrected chi connectivity index (χ3v) is 3.88. The van der Waals surface area contributed by atoms with Crippen molar-refractivity contribution in [3.63, 3.8) is 0 Å². The van der Waals surface area contributed by atoms with E-state index in [0.29, 0.717) is 6.41 Å². The fourth-order valence-electron chi connectivity index (χ4n) is 2.79. The van der Waals surface area contributed by atoms with Gasteiger partial charge in [0.2, 0.25) is 6.41 Å². The van der Waals surface area contributed by atoms with Crippen LogP contribution in [0.5, 0.6) is 0 Å². The number of nitrogens with one attached hydrogen (secondary N) is 2. The maximum Gasteiger partial charge on any atom is 0.211 e. The molecule has 2 aliphatic heterocycles. The fourth-order valence-corrected chi connectivity index (χ4v) is 2.79. The van der Waals surface area contributed by atoms with Crippen LogP contribution in [0.2, 0.25) is 0 Å². The van der Waals surface area contributed by atoms with Crippen molar-refractivity contribution in [3.05, 3.63) is 54.5 Å². The second-order valence-electron chi connectivity index (χ2n) is 5.33. The van der Waals surface area contributed by atoms with E-state index in [1.165, 1.54) is 0 Å². The molecular formula is C17H15N5O. The van der Waals surface area contributed by atoms with Crippen LogP contribution in [0.1, 0.15) is 12.1 Å². The summed E-state index contributed by atoms with van der Waals surface area (Å²) in [6.07, 6.45) is 11.7. The number of hydrogen-bond donors (Lipinski definition) is 2. The predicted octanol–water partition coefficient (Wildman–Crippen LogP) is 2.66. The summed E-state index contributed by atoms with van der Waals surface area (Å²) in [5.41, 5.74) is 3.52. The molecule has 6 nitrogen and oxygen atoms in total. The van der Waals surface area contributed by atoms with Crippen molar-refractivity contribution in [2.75, 3.05) is 11.9 Å². The van der Waals surface area contributed by atoms with Crippen LogP contribution in [0.25, 0.3) is 16.5 Å². The van der Waals surface area contributed by atoms with Gasteiger partial charge in [0, 0.05) is 35.5 Å². The summed E-state index contributed by atoms with van der Waals surface area (Å²) < 4.78 is 0. The van der Waals surface area contributed by atoms with Crippen molar-refractivity contribution in [1.29, 1.82) is 0 Å². The number of H-pyrrole nitrogens is 1. The first-order chi connectivity index (χ1) is 11.3. The molecule has 114 valence electrons. The largest absolute Gasteiger partial charge is 0.329 e. The van der Waals surface area contributed by atoms with Crippen molar-refractivity contribution < 1.29 is 4.79 Å². The lowest BCUT2D eigenvalue weighted by Gasteiger charge is -2.19. The minimum atomic E-state index is 0.674. The number of aliphatic imine (C=N–C) groups is 1. The van der Waals surface area contributed by atoms with Crippen LogP contribution in [0.15, 0.2) is 53.8 Å². The van der Waals surface area contributed by atoms with Crippen LogP contribution in [0.4, 0.5) is 5.69 Å². The van der Waals surface area contributed by atoms with Crippen LogP contribution in [-0.4, -0.2) is 33.9 Å². The number of allylic oxidation sites excluding steroid dienone is 2. The van der Waals surface area contributed by atoms with Gasteiger partial charge in [-0.15, -0.1) is 0 Å². The first-order valence-electron chi connectivity index (χ1n) is 7.40. The van der Waals surface area contributed by atoms with E-state index in [9.17, 15) is 4.79 Å². The number of benzene rings is 1. The summed E-state index contributed by atoms with van der Waals surface area (Å²) in [4.78, 5) is 17.2. The molecule has 0 atom stereocenters. The normalized spacial score (nSPS) is 16.6. The van der Waals surface area contributed by atoms with Crippen molar-refractivity contribution in [2.24, 2.45) is 4.99 Å². The molecule has 2 aromatic rings. The summed E-state index contributed by atoms with van der Waals surface area (Å²) in [5.74, 6) is 1.03. The first kappa shape index (κ1) is 13.5. The molecule has 3 heterocycles. The van der Waals surface area contributed by atoms with Gasteiger partial charge in [0.05, 0.1) is 12.1 Å². The van der Waals surface area contributed by atoms with E-state index in [1.54, 1.807) is 0 Å². The molecule has 0 aliphatic carbocycles. The zero-order valence-corrected chi connectivity index (χ0v) is 12.4. The molecule has 0 saturated heterocycles. The van der Waals surface area contributed by atoms with Crippen LogP contribution in [0.3, 0.4) is 0 Å². The summed E-state index contributed by atoms with van der Waals surface area (Å²) >= 11 is 0. The maximum absolute atomic E-state index is 10.7. The second kappa shape index (κ2) is 5.57. The summed E-state index contributed by atoms with van der Waals surface area (Å²) in [6.45, 7) is 0.731. The highest BCUT2D eigenvalue weighted by atomic mass is 16.1. The quantitative estimate of drug-likeness (QED) is 0.856. The lowest BCUT2D eigenvalue weighted by Crippen LogP contribution is -2.22. The molecular weight excluding hydrogens is 290 g/mol. The van der Waals surface area contributed by atoms with E-state index in [-0.39, 0.29) is 0 Å². The number of hydrogen-bond acceptors (Lipinski definition) is 4. The molecule has 1 aromatic carbocycles. The zero-order valence-electron chi connectivity index (χ0n) is 12.4. The lowest BCUT2D eigenvalue weighted by molar-refractivity contribution is -0.105. The van der Waals surface area contributed by atoms with Gasteiger partial charge < -0.3 is 10.2 Å². The van der Waals surface area contributed by atoms with Gasteiger partial charge in [0.1, 0.15) is 11.5 Å². The molecule has 2 N–H and O–H groups in total. The SMILES string of the molecule is O=CNc1ccc2[nH]nc(C3=CN4C=CCN=C4CC=C3)c2c1. The number of aromatic nitrogens is 2. The highest BCUT2D eigenvalue weighted by Crippen LogP contribution is 2.28. The molecule has 0 saturated carbocycles. The average molecular weight is 305 g/mol. The summed E-state index contributed by atoms with van der Waals surface area (Å²) in [6, 6.07) is 5.67. The van der Waals surface area contributed by atoms with E-state index >= 15 is 0 Å². The molecule has 23 heavy (non-hydrogen) atoms. The van der Waals surface area contributed by atoms with E-state index < -0.39 is 0 Å². The van der Waals surface area contributed by atoms with Crippen LogP contribution < -0.4 is 5.32 Å². The van der Waals surface area contributed by atoms with Gasteiger partial charge in [-0.1, -0.05) is 12.2 Å². The molecule has 0 spiro atoms. The Labute approximate surface area is 132 Å². The number of anilines is 1. The van der Waals surface area contributed by atoms with Gasteiger partial charge in [-0.2, -0.15) is 5.10 Å². The molecule has 2 aliphatic rings. The molecule has 0 radical (unpaired) electrons. The van der Waals surface area contributed by atoms with E-state index in [4.69, 9.17) is 0 Å². The number of nitrogens with zero attached hydrogens (tertiary/aromatic N) is 3. The van der Waals surface area contributed by atoms with Gasteiger partial charge in [-0.25, -0.2) is 0 Å². The molecule has 6 heteroatoms. The van der Waals surface area contributed by atoms with Crippen molar-refractivity contribution in [3.8, 4) is 0 Å². The number of rotatable bonds is 3. The smallest absolute Gasteiger partial charge is 0.211 e. The molecule has 4 rings (SSSR count). The Morgan fingerprint density at radius 3 is 3.17 bits per heavy atom. The third-order valence-electron chi connectivity index (χ3n) is 3.88. The lowest BCUT2D eigenvalue weighted by atomic mass is 10.1. The summed E-state index contributed by atoms with van der Waals surface area (Å²) in [5, 5.41) is 11.1. The van der Waals surface area contributed by atoms with Crippen LogP contribution in [-0.2, 0) is 4.79 Å². The van der Waals surface area contributed by atoms with Gasteiger partial charge in [0.15, 0.2) is 0 Å². The molecule has 0 bridgehead atoms. The standard InChI is InChI=1S/C17H15N5O/c23-11-19-13-5-6-15-14(9-13)17(21-20-15)12-3-1-4-16-18-7-2-8-22(16)10-12/h1-3,5-6,8-11H,4,7H2,(H,19,23)(H,20,21). The van der Waals surface area contributed by atoms with E-state index in [1.807, 2.05) is 41.6 Å². The number of carbonyl (C=O) groups is 1. The van der Waals surface area contributed by atoms with Crippen molar-refractivity contribution >= 4 is 34.4 Å². The number of amides is 1. The predicted molar refractivity (Wildman–Crippen MR) is 90.8 cm³/mol. The van der Waals surface area contributed by atoms with Crippen LogP contribution >= 0.6 is 0 Å². The minimum Gasteiger partial charge on any atom is -0.329 e. The Hall–Kier alpha value is -3.15. The van der Waals surface area contributed by atoms with Crippen LogP contribution in [0, 0.1) is 0 Å². The molecule has 1 aromatic heterocycles. The monoisotopic (exact) mass is 305 g/mol. The van der Waals surface area contributed by atoms with E-state index in [2.05, 4.69) is 32.7 Å². The third kappa shape index (κ3) is 2.44. The zero-order chi connectivity index (χ0) is 15.6. The first-order valence-corrected chi connectivity index (χ1v) is 7.40. The van der Waals surface area contributed by atoms with E-state index in [0.717, 1.165) is 46.7 Å². The molecule has 0 fully saturated rings. The average Bonchev–Trinajstić information content (AvgIpc) is 2.86.